The van der Waals surface area contributed by atoms with E-state index in [1.165, 1.54) is 6.39 Å². The number of aromatic nitrogens is 4. The van der Waals surface area contributed by atoms with Crippen molar-refractivity contribution in [2.45, 2.75) is 0 Å². The van der Waals surface area contributed by atoms with E-state index in [9.17, 15) is 0 Å². The van der Waals surface area contributed by atoms with Crippen molar-refractivity contribution in [3.8, 4) is 11.8 Å². The van der Waals surface area contributed by atoms with Crippen LogP contribution in [0, 0.1) is 4.84 Å². The number of hydrogen-bond donors (Lipinski definition) is 1. The van der Waals surface area contributed by atoms with Crippen LogP contribution >= 0.6 is 12.2 Å². The van der Waals surface area contributed by atoms with E-state index in [-0.39, 0.29) is 16.6 Å². The van der Waals surface area contributed by atoms with Crippen LogP contribution in [0.4, 0.5) is 0 Å². The lowest BCUT2D eigenvalue weighted by atomic mass is 10.7. The molecule has 11 heavy (non-hydrogen) atoms. The molecule has 0 aliphatic carbocycles. The average Bonchev–Trinajstić information content (AvgIpc) is 2.55. The molecule has 0 aliphatic heterocycles. The van der Waals surface area contributed by atoms with Crippen LogP contribution in [0.3, 0.4) is 0 Å². The van der Waals surface area contributed by atoms with Gasteiger partial charge in [-0.25, -0.2) is 5.10 Å². The number of hydrogen-bond acceptors (Lipinski definition) is 6. The average molecular weight is 170 g/mol. The van der Waals surface area contributed by atoms with Gasteiger partial charge < -0.3 is 8.83 Å². The van der Waals surface area contributed by atoms with Crippen molar-refractivity contribution in [2.75, 3.05) is 0 Å². The number of rotatable bonds is 1. The lowest BCUT2D eigenvalue weighted by Crippen LogP contribution is -1.76. The predicted molar refractivity (Wildman–Crippen MR) is 35.0 cm³/mol. The summed E-state index contributed by atoms with van der Waals surface area (Å²) in [6.07, 6.45) is 1.18. The Hall–Kier alpha value is -1.50. The number of H-pyrrole nitrogens is 1. The van der Waals surface area contributed by atoms with E-state index in [2.05, 4.69) is 32.6 Å². The van der Waals surface area contributed by atoms with Gasteiger partial charge >= 0.3 is 11.8 Å². The molecule has 1 N–H and O–H groups in total. The minimum absolute atomic E-state index is 0.179. The SMILES string of the molecule is S=c1[nH]nc(-c2nnco2)o1. The van der Waals surface area contributed by atoms with Gasteiger partial charge in [-0.05, 0) is 12.2 Å². The number of aromatic amines is 1. The van der Waals surface area contributed by atoms with Crippen LogP contribution in [-0.2, 0) is 0 Å². The first-order valence-electron chi connectivity index (χ1n) is 2.68. The third-order valence-electron chi connectivity index (χ3n) is 0.981. The first-order chi connectivity index (χ1) is 5.36. The molecule has 0 unspecified atom stereocenters. The highest BCUT2D eigenvalue weighted by molar-refractivity contribution is 7.71. The minimum Gasteiger partial charge on any atom is -0.420 e. The second kappa shape index (κ2) is 2.27. The van der Waals surface area contributed by atoms with Crippen molar-refractivity contribution < 1.29 is 8.83 Å². The summed E-state index contributed by atoms with van der Waals surface area (Å²) in [4.78, 5) is 0.179. The van der Waals surface area contributed by atoms with Crippen molar-refractivity contribution in [3.63, 3.8) is 0 Å². The highest BCUT2D eigenvalue weighted by atomic mass is 32.1. The summed E-state index contributed by atoms with van der Waals surface area (Å²) >= 11 is 4.63. The van der Waals surface area contributed by atoms with Crippen LogP contribution in [-0.4, -0.2) is 20.4 Å². The van der Waals surface area contributed by atoms with Crippen LogP contribution in [0.2, 0.25) is 0 Å². The summed E-state index contributed by atoms with van der Waals surface area (Å²) in [6, 6.07) is 0. The van der Waals surface area contributed by atoms with Crippen LogP contribution < -0.4 is 0 Å². The van der Waals surface area contributed by atoms with Gasteiger partial charge in [0.1, 0.15) is 0 Å². The molecule has 0 amide bonds. The maximum Gasteiger partial charge on any atom is 0.305 e. The molecular formula is C4H2N4O2S. The predicted octanol–water partition coefficient (Wildman–Crippen LogP) is 0.782. The van der Waals surface area contributed by atoms with E-state index in [1.54, 1.807) is 0 Å². The summed E-state index contributed by atoms with van der Waals surface area (Å²) in [5.41, 5.74) is 0. The highest BCUT2D eigenvalue weighted by Gasteiger charge is 2.08. The molecule has 2 aromatic rings. The monoisotopic (exact) mass is 170 g/mol. The quantitative estimate of drug-likeness (QED) is 0.637. The molecule has 0 radical (unpaired) electrons. The minimum atomic E-state index is 0.179. The Kier molecular flexibility index (Phi) is 1.29. The molecule has 2 aromatic heterocycles. The summed E-state index contributed by atoms with van der Waals surface area (Å²) < 4.78 is 9.67. The largest absolute Gasteiger partial charge is 0.420 e. The van der Waals surface area contributed by atoms with Gasteiger partial charge in [0.25, 0.3) is 4.84 Å². The number of nitrogens with zero attached hydrogens (tertiary/aromatic N) is 3. The lowest BCUT2D eigenvalue weighted by molar-refractivity contribution is 0.500. The molecule has 0 aromatic carbocycles. The third-order valence-corrected chi connectivity index (χ3v) is 1.16. The van der Waals surface area contributed by atoms with Gasteiger partial charge in [-0.15, -0.1) is 15.3 Å². The van der Waals surface area contributed by atoms with Gasteiger partial charge in [0.2, 0.25) is 6.39 Å². The zero-order valence-corrected chi connectivity index (χ0v) is 5.96. The topological polar surface area (TPSA) is 80.7 Å². The molecule has 2 heterocycles. The van der Waals surface area contributed by atoms with Crippen molar-refractivity contribution in [1.29, 1.82) is 0 Å². The Bertz CT molecular complexity index is 388. The Morgan fingerprint density at radius 1 is 1.45 bits per heavy atom. The summed E-state index contributed by atoms with van der Waals surface area (Å²) in [5, 5.41) is 13.1. The van der Waals surface area contributed by atoms with Crippen molar-refractivity contribution in [2.24, 2.45) is 0 Å². The summed E-state index contributed by atoms with van der Waals surface area (Å²) in [6.45, 7) is 0. The van der Waals surface area contributed by atoms with E-state index in [4.69, 9.17) is 8.83 Å². The van der Waals surface area contributed by atoms with E-state index in [0.29, 0.717) is 0 Å². The molecular weight excluding hydrogens is 168 g/mol. The van der Waals surface area contributed by atoms with Gasteiger partial charge in [0, 0.05) is 0 Å². The maximum atomic E-state index is 4.88. The maximum absolute atomic E-state index is 4.88. The molecule has 0 saturated heterocycles. The molecule has 0 bridgehead atoms. The third kappa shape index (κ3) is 1.05. The van der Waals surface area contributed by atoms with Gasteiger partial charge in [-0.2, -0.15) is 0 Å². The van der Waals surface area contributed by atoms with E-state index >= 15 is 0 Å². The molecule has 6 nitrogen and oxygen atoms in total. The van der Waals surface area contributed by atoms with Crippen molar-refractivity contribution >= 4 is 12.2 Å². The van der Waals surface area contributed by atoms with Gasteiger partial charge in [-0.1, -0.05) is 0 Å². The fraction of sp³-hybridized carbons (Fsp3) is 0. The molecule has 0 fully saturated rings. The van der Waals surface area contributed by atoms with Crippen LogP contribution in [0.25, 0.3) is 11.8 Å². The van der Waals surface area contributed by atoms with Gasteiger partial charge in [0.15, 0.2) is 0 Å². The van der Waals surface area contributed by atoms with Crippen molar-refractivity contribution in [3.05, 3.63) is 11.2 Å². The molecule has 7 heteroatoms. The van der Waals surface area contributed by atoms with Gasteiger partial charge in [0.05, 0.1) is 0 Å². The van der Waals surface area contributed by atoms with Gasteiger partial charge in [-0.3, -0.25) is 0 Å². The first-order valence-corrected chi connectivity index (χ1v) is 3.09. The summed E-state index contributed by atoms with van der Waals surface area (Å²) in [7, 11) is 0. The molecule has 0 saturated carbocycles. The zero-order valence-electron chi connectivity index (χ0n) is 5.14. The number of nitrogens with one attached hydrogen (secondary N) is 1. The Morgan fingerprint density at radius 3 is 2.91 bits per heavy atom. The zero-order chi connectivity index (χ0) is 7.68. The van der Waals surface area contributed by atoms with Crippen LogP contribution in [0.1, 0.15) is 0 Å². The molecule has 2 rings (SSSR count). The molecule has 0 spiro atoms. The Balaban J connectivity index is 2.53. The fourth-order valence-electron chi connectivity index (χ4n) is 0.588. The second-order valence-electron chi connectivity index (χ2n) is 1.66. The standard InChI is InChI=1S/C4H2N4O2S/c11-4-8-7-3(10-4)2-6-5-1-9-2/h1H,(H,8,11). The second-order valence-corrected chi connectivity index (χ2v) is 2.03. The van der Waals surface area contributed by atoms with E-state index in [1.807, 2.05) is 0 Å². The fourth-order valence-corrected chi connectivity index (χ4v) is 0.712. The normalized spacial score (nSPS) is 10.2. The molecule has 0 aliphatic rings. The van der Waals surface area contributed by atoms with E-state index < -0.39 is 0 Å². The van der Waals surface area contributed by atoms with Crippen LogP contribution in [0.15, 0.2) is 15.2 Å². The highest BCUT2D eigenvalue weighted by Crippen LogP contribution is 2.11. The lowest BCUT2D eigenvalue weighted by Gasteiger charge is -1.77. The smallest absolute Gasteiger partial charge is 0.305 e. The Morgan fingerprint density at radius 2 is 2.36 bits per heavy atom. The summed E-state index contributed by atoms with van der Waals surface area (Å²) in [5.74, 6) is 0.407. The first kappa shape index (κ1) is 6.23. The van der Waals surface area contributed by atoms with E-state index in [0.717, 1.165) is 0 Å². The Labute approximate surface area is 65.3 Å². The van der Waals surface area contributed by atoms with Crippen molar-refractivity contribution in [1.82, 2.24) is 20.4 Å². The molecule has 0 atom stereocenters. The van der Waals surface area contributed by atoms with Crippen LogP contribution in [0.5, 0.6) is 0 Å². The molecule has 56 valence electrons.